The van der Waals surface area contributed by atoms with Crippen LogP contribution in [0.15, 0.2) is 0 Å². The predicted molar refractivity (Wildman–Crippen MR) is 58.4 cm³/mol. The highest BCUT2D eigenvalue weighted by Gasteiger charge is 2.35. The van der Waals surface area contributed by atoms with Crippen LogP contribution in [0.1, 0.15) is 33.1 Å². The molecule has 2 rings (SSSR count). The first-order valence-electron chi connectivity index (χ1n) is 6.09. The zero-order valence-electron chi connectivity index (χ0n) is 9.54. The number of hydrogen-bond donors (Lipinski definition) is 0. The Morgan fingerprint density at radius 1 is 1.36 bits per heavy atom. The first-order chi connectivity index (χ1) is 6.77. The van der Waals surface area contributed by atoms with E-state index in [1.54, 1.807) is 0 Å². The fourth-order valence-electron chi connectivity index (χ4n) is 2.56. The lowest BCUT2D eigenvalue weighted by atomic mass is 9.95. The maximum absolute atomic E-state index is 5.29. The van der Waals surface area contributed by atoms with Crippen molar-refractivity contribution in [2.75, 3.05) is 26.3 Å². The molecule has 0 bridgehead atoms. The lowest BCUT2D eigenvalue weighted by Crippen LogP contribution is -2.45. The van der Waals surface area contributed by atoms with Crippen LogP contribution < -0.4 is 0 Å². The van der Waals surface area contributed by atoms with E-state index in [1.165, 1.54) is 32.4 Å². The molecule has 1 unspecified atom stereocenters. The van der Waals surface area contributed by atoms with Gasteiger partial charge in [0.1, 0.15) is 0 Å². The Bertz CT molecular complexity index is 177. The van der Waals surface area contributed by atoms with Crippen molar-refractivity contribution in [2.45, 2.75) is 39.2 Å². The third-order valence-electron chi connectivity index (χ3n) is 3.62. The van der Waals surface area contributed by atoms with Crippen LogP contribution in [0.4, 0.5) is 0 Å². The monoisotopic (exact) mass is 197 g/mol. The van der Waals surface area contributed by atoms with E-state index < -0.39 is 0 Å². The zero-order valence-corrected chi connectivity index (χ0v) is 9.54. The molecule has 0 spiro atoms. The minimum atomic E-state index is 0.842. The van der Waals surface area contributed by atoms with Crippen molar-refractivity contribution in [3.05, 3.63) is 0 Å². The molecule has 14 heavy (non-hydrogen) atoms. The number of rotatable bonds is 4. The van der Waals surface area contributed by atoms with Crippen LogP contribution in [0.5, 0.6) is 0 Å². The van der Waals surface area contributed by atoms with Crippen LogP contribution in [-0.4, -0.2) is 37.2 Å². The normalized spacial score (nSPS) is 29.8. The zero-order chi connectivity index (χ0) is 9.97. The maximum Gasteiger partial charge on any atom is 0.0531 e. The summed E-state index contributed by atoms with van der Waals surface area (Å²) < 4.78 is 5.29. The van der Waals surface area contributed by atoms with Gasteiger partial charge in [0.2, 0.25) is 0 Å². The van der Waals surface area contributed by atoms with Crippen molar-refractivity contribution < 1.29 is 4.74 Å². The van der Waals surface area contributed by atoms with Crippen LogP contribution in [0.3, 0.4) is 0 Å². The molecule has 2 heteroatoms. The van der Waals surface area contributed by atoms with Gasteiger partial charge in [-0.3, -0.25) is 4.90 Å². The number of nitrogens with zero attached hydrogens (tertiary/aromatic N) is 1. The second kappa shape index (κ2) is 4.63. The lowest BCUT2D eigenvalue weighted by Gasteiger charge is -2.37. The van der Waals surface area contributed by atoms with E-state index in [1.807, 2.05) is 0 Å². The molecule has 2 aliphatic rings. The van der Waals surface area contributed by atoms with E-state index >= 15 is 0 Å². The highest BCUT2D eigenvalue weighted by Crippen LogP contribution is 2.28. The lowest BCUT2D eigenvalue weighted by molar-refractivity contribution is -0.0669. The second-order valence-electron chi connectivity index (χ2n) is 5.23. The highest BCUT2D eigenvalue weighted by molar-refractivity contribution is 4.87. The van der Waals surface area contributed by atoms with Gasteiger partial charge in [0.05, 0.1) is 13.2 Å². The van der Waals surface area contributed by atoms with E-state index in [0.29, 0.717) is 0 Å². The van der Waals surface area contributed by atoms with Crippen LogP contribution in [0.2, 0.25) is 0 Å². The molecule has 0 aromatic heterocycles. The summed E-state index contributed by atoms with van der Waals surface area (Å²) in [5.74, 6) is 1.69. The minimum Gasteiger partial charge on any atom is -0.381 e. The Morgan fingerprint density at radius 3 is 2.71 bits per heavy atom. The summed E-state index contributed by atoms with van der Waals surface area (Å²) in [6.07, 6.45) is 4.16. The van der Waals surface area contributed by atoms with E-state index in [4.69, 9.17) is 4.74 Å². The SMILES string of the molecule is CC(C)CCN1CCCC1C1COC1. The largest absolute Gasteiger partial charge is 0.381 e. The van der Waals surface area contributed by atoms with E-state index in [0.717, 1.165) is 31.1 Å². The maximum atomic E-state index is 5.29. The Labute approximate surface area is 87.6 Å². The Kier molecular flexibility index (Phi) is 3.45. The highest BCUT2D eigenvalue weighted by atomic mass is 16.5. The molecule has 0 saturated carbocycles. The molecule has 2 nitrogen and oxygen atoms in total. The summed E-state index contributed by atoms with van der Waals surface area (Å²) in [5.41, 5.74) is 0. The van der Waals surface area contributed by atoms with Gasteiger partial charge in [-0.1, -0.05) is 13.8 Å². The van der Waals surface area contributed by atoms with Gasteiger partial charge in [0.15, 0.2) is 0 Å². The van der Waals surface area contributed by atoms with Crippen LogP contribution in [0.25, 0.3) is 0 Å². The average Bonchev–Trinajstić information content (AvgIpc) is 2.46. The standard InChI is InChI=1S/C12H23NO/c1-10(2)5-7-13-6-3-4-12(13)11-8-14-9-11/h10-12H,3-9H2,1-2H3. The van der Waals surface area contributed by atoms with Gasteiger partial charge in [0, 0.05) is 12.0 Å². The smallest absolute Gasteiger partial charge is 0.0531 e. The fourth-order valence-corrected chi connectivity index (χ4v) is 2.56. The van der Waals surface area contributed by atoms with Gasteiger partial charge in [-0.15, -0.1) is 0 Å². The summed E-state index contributed by atoms with van der Waals surface area (Å²) in [4.78, 5) is 2.70. The molecule has 0 aromatic carbocycles. The quantitative estimate of drug-likeness (QED) is 0.684. The first-order valence-corrected chi connectivity index (χ1v) is 6.09. The molecule has 0 aliphatic carbocycles. The Balaban J connectivity index is 1.77. The van der Waals surface area contributed by atoms with Gasteiger partial charge in [-0.25, -0.2) is 0 Å². The molecule has 2 heterocycles. The van der Waals surface area contributed by atoms with Crippen molar-refractivity contribution in [2.24, 2.45) is 11.8 Å². The molecule has 2 aliphatic heterocycles. The Hall–Kier alpha value is -0.0800. The van der Waals surface area contributed by atoms with Crippen molar-refractivity contribution >= 4 is 0 Å². The summed E-state index contributed by atoms with van der Waals surface area (Å²) >= 11 is 0. The van der Waals surface area contributed by atoms with E-state index in [9.17, 15) is 0 Å². The van der Waals surface area contributed by atoms with Gasteiger partial charge in [0.25, 0.3) is 0 Å². The molecule has 0 aromatic rings. The van der Waals surface area contributed by atoms with Gasteiger partial charge in [-0.2, -0.15) is 0 Å². The topological polar surface area (TPSA) is 12.5 Å². The van der Waals surface area contributed by atoms with Crippen molar-refractivity contribution in [1.29, 1.82) is 0 Å². The van der Waals surface area contributed by atoms with Crippen molar-refractivity contribution in [3.63, 3.8) is 0 Å². The summed E-state index contributed by atoms with van der Waals surface area (Å²) in [6.45, 7) is 9.30. The first kappa shape index (κ1) is 10.4. The molecule has 0 N–H and O–H groups in total. The molecule has 1 atom stereocenters. The molecular formula is C12H23NO. The van der Waals surface area contributed by atoms with Gasteiger partial charge >= 0.3 is 0 Å². The Morgan fingerprint density at radius 2 is 2.14 bits per heavy atom. The molecule has 2 saturated heterocycles. The predicted octanol–water partition coefficient (Wildman–Crippen LogP) is 2.14. The number of hydrogen-bond acceptors (Lipinski definition) is 2. The van der Waals surface area contributed by atoms with E-state index in [2.05, 4.69) is 18.7 Å². The van der Waals surface area contributed by atoms with Crippen molar-refractivity contribution in [1.82, 2.24) is 4.90 Å². The third kappa shape index (κ3) is 2.29. The van der Waals surface area contributed by atoms with Gasteiger partial charge < -0.3 is 4.74 Å². The van der Waals surface area contributed by atoms with Crippen LogP contribution in [0, 0.1) is 11.8 Å². The fraction of sp³-hybridized carbons (Fsp3) is 1.00. The number of ether oxygens (including phenoxy) is 1. The van der Waals surface area contributed by atoms with E-state index in [-0.39, 0.29) is 0 Å². The second-order valence-corrected chi connectivity index (χ2v) is 5.23. The molecule has 2 fully saturated rings. The summed E-state index contributed by atoms with van der Waals surface area (Å²) in [6, 6.07) is 0.850. The molecular weight excluding hydrogens is 174 g/mol. The summed E-state index contributed by atoms with van der Waals surface area (Å²) in [7, 11) is 0. The van der Waals surface area contributed by atoms with Crippen molar-refractivity contribution in [3.8, 4) is 0 Å². The van der Waals surface area contributed by atoms with Crippen LogP contribution in [-0.2, 0) is 4.74 Å². The minimum absolute atomic E-state index is 0.842. The van der Waals surface area contributed by atoms with Crippen LogP contribution >= 0.6 is 0 Å². The van der Waals surface area contributed by atoms with Gasteiger partial charge in [-0.05, 0) is 38.3 Å². The third-order valence-corrected chi connectivity index (χ3v) is 3.62. The number of likely N-dealkylation sites (tertiary alicyclic amines) is 1. The molecule has 0 amide bonds. The molecule has 82 valence electrons. The summed E-state index contributed by atoms with van der Waals surface area (Å²) in [5, 5.41) is 0. The average molecular weight is 197 g/mol. The molecule has 0 radical (unpaired) electrons.